The lowest BCUT2D eigenvalue weighted by atomic mass is 9.83. The summed E-state index contributed by atoms with van der Waals surface area (Å²) in [6.45, 7) is 14.2. The molecule has 3 aliphatic rings. The molecule has 17 nitrogen and oxygen atoms in total. The number of rotatable bonds is 11. The molecule has 3 heterocycles. The Balaban J connectivity index is 0.000000445. The first kappa shape index (κ1) is 63.1. The van der Waals surface area contributed by atoms with Crippen LogP contribution in [0, 0.1) is 22.7 Å². The zero-order valence-corrected chi connectivity index (χ0v) is 43.6. The van der Waals surface area contributed by atoms with E-state index in [9.17, 15) is 55.1 Å². The van der Waals surface area contributed by atoms with E-state index in [0.29, 0.717) is 17.5 Å². The van der Waals surface area contributed by atoms with Crippen molar-refractivity contribution in [2.45, 2.75) is 135 Å². The molecule has 25 heteroatoms. The Labute approximate surface area is 431 Å². The van der Waals surface area contributed by atoms with E-state index in [4.69, 9.17) is 42.1 Å². The van der Waals surface area contributed by atoms with Crippen molar-refractivity contribution >= 4 is 59.9 Å². The third-order valence-electron chi connectivity index (χ3n) is 11.1. The number of piperazine rings is 1. The summed E-state index contributed by atoms with van der Waals surface area (Å²) in [5.41, 5.74) is -0.108. The van der Waals surface area contributed by atoms with Gasteiger partial charge in [-0.25, -0.2) is 14.4 Å². The largest absolute Gasteiger partial charge is 0.464 e. The third kappa shape index (κ3) is 16.7. The molecule has 3 fully saturated rings. The quantitative estimate of drug-likeness (QED) is 0.0992. The lowest BCUT2D eigenvalue weighted by Gasteiger charge is -2.58. The normalized spacial score (nSPS) is 16.8. The van der Waals surface area contributed by atoms with E-state index in [2.05, 4.69) is 0 Å². The molecule has 5 amide bonds. The Morgan fingerprint density at radius 3 is 1.58 bits per heavy atom. The van der Waals surface area contributed by atoms with Crippen molar-refractivity contribution in [2.75, 3.05) is 45.2 Å². The van der Waals surface area contributed by atoms with Gasteiger partial charge in [-0.3, -0.25) is 14.4 Å². The first-order chi connectivity index (χ1) is 33.2. The maximum Gasteiger partial charge on any atom is 0.416 e. The molecule has 1 spiro atoms. The van der Waals surface area contributed by atoms with Gasteiger partial charge in [0.25, 0.3) is 5.91 Å². The summed E-state index contributed by atoms with van der Waals surface area (Å²) in [6, 6.07) is 12.1. The van der Waals surface area contributed by atoms with E-state index in [1.165, 1.54) is 43.9 Å². The van der Waals surface area contributed by atoms with Crippen molar-refractivity contribution in [1.29, 1.82) is 10.5 Å². The molecule has 2 N–H and O–H groups in total. The van der Waals surface area contributed by atoms with Gasteiger partial charge in [0.05, 0.1) is 62.5 Å². The van der Waals surface area contributed by atoms with Crippen LogP contribution in [0.3, 0.4) is 0 Å². The fourth-order valence-electron chi connectivity index (χ4n) is 7.48. The molecule has 0 saturated carbocycles. The second-order valence-corrected chi connectivity index (χ2v) is 19.7. The number of esters is 1. The molecule has 404 valence electrons. The van der Waals surface area contributed by atoms with Crippen LogP contribution in [0.4, 0.5) is 35.9 Å². The van der Waals surface area contributed by atoms with Crippen LogP contribution in [-0.2, 0) is 58.8 Å². The SMILES string of the molecule is CC(CC#N)N1CC(=O)N(Cc2ccc(C(F)(F)F)cc2)C2(CN(C(=O)OC(C)(C)C)C2)C1=O.CC(N)CC#N.CCOC(=O)C1(N(Cc2ccc(C(F)(F)F)cc2)C(=O)CCl)CN(C(=O)OC(C)(C)C)C1.Cl. The number of hydrogen-bond donors (Lipinski definition) is 1. The van der Waals surface area contributed by atoms with Crippen molar-refractivity contribution in [2.24, 2.45) is 5.73 Å². The Morgan fingerprint density at radius 2 is 1.21 bits per heavy atom. The smallest absolute Gasteiger partial charge is 0.416 e. The van der Waals surface area contributed by atoms with Gasteiger partial charge in [0.15, 0.2) is 11.1 Å². The molecule has 0 aliphatic carbocycles. The highest BCUT2D eigenvalue weighted by Crippen LogP contribution is 2.38. The summed E-state index contributed by atoms with van der Waals surface area (Å²) < 4.78 is 93.1. The number of amides is 5. The van der Waals surface area contributed by atoms with Gasteiger partial charge in [0.1, 0.15) is 23.6 Å². The number of alkyl halides is 7. The fourth-order valence-corrected chi connectivity index (χ4v) is 7.63. The molecule has 2 aromatic carbocycles. The van der Waals surface area contributed by atoms with Crippen LogP contribution in [-0.4, -0.2) is 140 Å². The van der Waals surface area contributed by atoms with Crippen molar-refractivity contribution < 1.29 is 69.3 Å². The molecule has 2 unspecified atom stereocenters. The monoisotopic (exact) mass is 1080 g/mol. The molecule has 0 radical (unpaired) electrons. The minimum absolute atomic E-state index is 0. The van der Waals surface area contributed by atoms with Gasteiger partial charge in [-0.1, -0.05) is 24.3 Å². The highest BCUT2D eigenvalue weighted by atomic mass is 35.5. The van der Waals surface area contributed by atoms with Gasteiger partial charge in [0, 0.05) is 31.6 Å². The number of nitriles is 2. The maximum atomic E-state index is 13.5. The average molecular weight is 1080 g/mol. The summed E-state index contributed by atoms with van der Waals surface area (Å²) in [5, 5.41) is 16.9. The lowest BCUT2D eigenvalue weighted by molar-refractivity contribution is -0.180. The first-order valence-corrected chi connectivity index (χ1v) is 23.1. The van der Waals surface area contributed by atoms with E-state index in [-0.39, 0.29) is 77.3 Å². The minimum atomic E-state index is -4.50. The zero-order chi connectivity index (χ0) is 54.8. The number of halogens is 8. The van der Waals surface area contributed by atoms with Gasteiger partial charge in [-0.15, -0.1) is 24.0 Å². The average Bonchev–Trinajstić information content (AvgIpc) is 3.22. The van der Waals surface area contributed by atoms with Crippen LogP contribution in [0.2, 0.25) is 0 Å². The van der Waals surface area contributed by atoms with Gasteiger partial charge < -0.3 is 44.4 Å². The number of ether oxygens (including phenoxy) is 3. The molecule has 3 aliphatic heterocycles. The van der Waals surface area contributed by atoms with Gasteiger partial charge in [-0.2, -0.15) is 36.9 Å². The first-order valence-electron chi connectivity index (χ1n) is 22.6. The number of carbonyl (C=O) groups is 6. The van der Waals surface area contributed by atoms with Crippen LogP contribution >= 0.6 is 24.0 Å². The van der Waals surface area contributed by atoms with Gasteiger partial charge in [-0.05, 0) is 97.7 Å². The number of nitrogens with zero attached hydrogens (tertiary/aromatic N) is 7. The van der Waals surface area contributed by atoms with E-state index in [0.717, 1.165) is 29.2 Å². The summed E-state index contributed by atoms with van der Waals surface area (Å²) in [4.78, 5) is 83.4. The van der Waals surface area contributed by atoms with E-state index in [1.54, 1.807) is 55.4 Å². The highest BCUT2D eigenvalue weighted by molar-refractivity contribution is 6.27. The highest BCUT2D eigenvalue weighted by Gasteiger charge is 2.62. The number of carbonyl (C=O) groups excluding carboxylic acids is 6. The predicted octanol–water partition coefficient (Wildman–Crippen LogP) is 7.66. The standard InChI is InChI=1S/C23H27F3N4O4.C21H26ClF3N2O5.C4H8N2.ClH/c1-15(9-10-27)29-12-18(31)30(11-16-5-7-17(8-6-16)23(24,25)26)22(19(29)32)13-28(14-22)20(33)34-21(2,3)4;1-5-31-17(29)20(12-26(13-20)18(30)32-19(2,3)4)27(16(28)10-22)11-14-6-8-15(9-7-14)21(23,24)25;1-4(6)2-3-5;/h5-8,15H,9,11-14H2,1-4H3;6-9H,5,10-13H2,1-4H3;4H,2,6H2,1H3;1H. The molecular weight excluding hydrogens is 1020 g/mol. The number of likely N-dealkylation sites (tertiary alicyclic amines) is 2. The van der Waals surface area contributed by atoms with Crippen LogP contribution in [0.25, 0.3) is 0 Å². The molecule has 73 heavy (non-hydrogen) atoms. The number of benzene rings is 2. The van der Waals surface area contributed by atoms with Crippen LogP contribution in [0.5, 0.6) is 0 Å². The number of nitrogens with two attached hydrogens (primary N) is 1. The lowest BCUT2D eigenvalue weighted by Crippen LogP contribution is -2.81. The van der Waals surface area contributed by atoms with Crippen LogP contribution in [0.1, 0.15) is 97.4 Å². The van der Waals surface area contributed by atoms with Crippen molar-refractivity contribution in [3.8, 4) is 12.1 Å². The van der Waals surface area contributed by atoms with Crippen molar-refractivity contribution in [1.82, 2.24) is 24.5 Å². The zero-order valence-electron chi connectivity index (χ0n) is 42.0. The van der Waals surface area contributed by atoms with E-state index in [1.807, 2.05) is 19.1 Å². The molecule has 0 bridgehead atoms. The molecule has 2 aromatic rings. The number of hydrogen-bond acceptors (Lipinski definition) is 12. The maximum absolute atomic E-state index is 13.5. The Morgan fingerprint density at radius 1 is 0.767 bits per heavy atom. The second-order valence-electron chi connectivity index (χ2n) is 19.4. The summed E-state index contributed by atoms with van der Waals surface area (Å²) >= 11 is 5.76. The van der Waals surface area contributed by atoms with Crippen molar-refractivity contribution in [3.05, 3.63) is 70.8 Å². The fraction of sp³-hybridized carbons (Fsp3) is 0.583. The third-order valence-corrected chi connectivity index (χ3v) is 11.3. The Bertz CT molecular complexity index is 2330. The van der Waals surface area contributed by atoms with Gasteiger partial charge in [0.2, 0.25) is 11.8 Å². The van der Waals surface area contributed by atoms with Gasteiger partial charge >= 0.3 is 30.5 Å². The van der Waals surface area contributed by atoms with Crippen LogP contribution in [0.15, 0.2) is 48.5 Å². The molecule has 5 rings (SSSR count). The second kappa shape index (κ2) is 25.3. The van der Waals surface area contributed by atoms with Crippen LogP contribution < -0.4 is 5.73 Å². The summed E-state index contributed by atoms with van der Waals surface area (Å²) in [7, 11) is 0. The molecule has 0 aromatic heterocycles. The molecular formula is C48H62Cl2F6N8O9. The van der Waals surface area contributed by atoms with E-state index >= 15 is 0 Å². The molecule has 2 atom stereocenters. The van der Waals surface area contributed by atoms with Crippen molar-refractivity contribution in [3.63, 3.8) is 0 Å². The van der Waals surface area contributed by atoms with E-state index < -0.39 is 93.6 Å². The summed E-state index contributed by atoms with van der Waals surface area (Å²) in [6.07, 6.45) is -9.79. The Kier molecular flexibility index (Phi) is 21.8. The Hall–Kier alpha value is -6.04. The summed E-state index contributed by atoms with van der Waals surface area (Å²) in [5.74, 6) is -2.63. The topological polar surface area (TPSA) is 220 Å². The predicted molar refractivity (Wildman–Crippen MR) is 255 cm³/mol. The molecule has 3 saturated heterocycles. The minimum Gasteiger partial charge on any atom is -0.464 e.